The lowest BCUT2D eigenvalue weighted by Gasteiger charge is -2.10. The molecule has 18 heavy (non-hydrogen) atoms. The Balaban J connectivity index is 1.71. The van der Waals surface area contributed by atoms with Crippen LogP contribution in [0.3, 0.4) is 0 Å². The van der Waals surface area contributed by atoms with Gasteiger partial charge in [0.15, 0.2) is 0 Å². The molecule has 1 aromatic rings. The van der Waals surface area contributed by atoms with Crippen molar-refractivity contribution in [1.82, 2.24) is 5.32 Å². The zero-order chi connectivity index (χ0) is 12.8. The van der Waals surface area contributed by atoms with Gasteiger partial charge in [-0.3, -0.25) is 4.79 Å². The molecule has 0 atom stereocenters. The summed E-state index contributed by atoms with van der Waals surface area (Å²) in [5.41, 5.74) is 0.717. The van der Waals surface area contributed by atoms with Gasteiger partial charge in [-0.15, -0.1) is 0 Å². The highest BCUT2D eigenvalue weighted by Crippen LogP contribution is 2.31. The van der Waals surface area contributed by atoms with Gasteiger partial charge in [-0.25, -0.2) is 0 Å². The van der Waals surface area contributed by atoms with E-state index in [1.807, 2.05) is 24.3 Å². The van der Waals surface area contributed by atoms with Crippen molar-refractivity contribution in [2.45, 2.75) is 19.3 Å². The van der Waals surface area contributed by atoms with Crippen LogP contribution in [-0.4, -0.2) is 26.1 Å². The molecule has 0 aromatic heterocycles. The van der Waals surface area contributed by atoms with E-state index in [1.54, 1.807) is 7.11 Å². The van der Waals surface area contributed by atoms with Crippen LogP contribution in [0.4, 0.5) is 5.69 Å². The van der Waals surface area contributed by atoms with Gasteiger partial charge in [0, 0.05) is 0 Å². The molecule has 0 radical (unpaired) electrons. The van der Waals surface area contributed by atoms with E-state index < -0.39 is 0 Å². The lowest BCUT2D eigenvalue weighted by atomic mass is 10.3. The lowest BCUT2D eigenvalue weighted by molar-refractivity contribution is -0.115. The number of ether oxygens (including phenoxy) is 1. The Morgan fingerprint density at radius 1 is 1.39 bits per heavy atom. The van der Waals surface area contributed by atoms with Crippen LogP contribution < -0.4 is 15.4 Å². The first-order valence-corrected chi connectivity index (χ1v) is 6.43. The lowest BCUT2D eigenvalue weighted by Crippen LogP contribution is -2.29. The van der Waals surface area contributed by atoms with E-state index in [0.717, 1.165) is 12.5 Å². The fourth-order valence-electron chi connectivity index (χ4n) is 1.86. The summed E-state index contributed by atoms with van der Waals surface area (Å²) in [5, 5.41) is 6.00. The van der Waals surface area contributed by atoms with E-state index in [9.17, 15) is 4.79 Å². The second-order valence-corrected chi connectivity index (χ2v) is 4.66. The Bertz CT molecular complexity index is 403. The van der Waals surface area contributed by atoms with Gasteiger partial charge in [-0.05, 0) is 31.0 Å². The number of carbonyl (C=O) groups is 1. The highest BCUT2D eigenvalue weighted by molar-refractivity contribution is 5.93. The van der Waals surface area contributed by atoms with Crippen molar-refractivity contribution in [3.05, 3.63) is 24.3 Å². The van der Waals surface area contributed by atoms with Gasteiger partial charge >= 0.3 is 0 Å². The monoisotopic (exact) mass is 248 g/mol. The van der Waals surface area contributed by atoms with Crippen LogP contribution >= 0.6 is 0 Å². The third-order valence-electron chi connectivity index (χ3n) is 3.09. The van der Waals surface area contributed by atoms with E-state index in [4.69, 9.17) is 4.74 Å². The molecule has 0 saturated heterocycles. The van der Waals surface area contributed by atoms with Gasteiger partial charge in [-0.1, -0.05) is 25.0 Å². The normalized spacial score (nSPS) is 14.3. The summed E-state index contributed by atoms with van der Waals surface area (Å²) in [4.78, 5) is 11.7. The van der Waals surface area contributed by atoms with E-state index in [0.29, 0.717) is 18.0 Å². The fraction of sp³-hybridized carbons (Fsp3) is 0.500. The summed E-state index contributed by atoms with van der Waals surface area (Å²) in [7, 11) is 1.60. The number of amides is 1. The van der Waals surface area contributed by atoms with E-state index in [2.05, 4.69) is 10.6 Å². The highest BCUT2D eigenvalue weighted by atomic mass is 16.5. The minimum absolute atomic E-state index is 0.0321. The molecule has 1 aliphatic rings. The van der Waals surface area contributed by atoms with Gasteiger partial charge in [0.05, 0.1) is 19.3 Å². The number of methoxy groups -OCH3 is 1. The van der Waals surface area contributed by atoms with Crippen molar-refractivity contribution < 1.29 is 9.53 Å². The summed E-state index contributed by atoms with van der Waals surface area (Å²) in [5.74, 6) is 1.55. The summed E-state index contributed by atoms with van der Waals surface area (Å²) < 4.78 is 5.18. The van der Waals surface area contributed by atoms with Crippen LogP contribution in [0.1, 0.15) is 19.3 Å². The zero-order valence-corrected chi connectivity index (χ0v) is 10.7. The molecule has 98 valence electrons. The molecule has 0 heterocycles. The predicted molar refractivity (Wildman–Crippen MR) is 71.8 cm³/mol. The van der Waals surface area contributed by atoms with Gasteiger partial charge in [0.25, 0.3) is 0 Å². The van der Waals surface area contributed by atoms with Crippen LogP contribution in [-0.2, 0) is 4.79 Å². The van der Waals surface area contributed by atoms with Crippen molar-refractivity contribution >= 4 is 11.6 Å². The molecule has 1 fully saturated rings. The summed E-state index contributed by atoms with van der Waals surface area (Å²) in [6.45, 7) is 1.27. The first kappa shape index (κ1) is 12.9. The molecule has 1 aromatic carbocycles. The number of anilines is 1. The molecule has 0 unspecified atom stereocenters. The average Bonchev–Trinajstić information content (AvgIpc) is 3.19. The molecule has 0 spiro atoms. The van der Waals surface area contributed by atoms with Crippen LogP contribution in [0.5, 0.6) is 5.75 Å². The predicted octanol–water partition coefficient (Wildman–Crippen LogP) is 2.02. The van der Waals surface area contributed by atoms with Crippen molar-refractivity contribution in [1.29, 1.82) is 0 Å². The van der Waals surface area contributed by atoms with Gasteiger partial charge in [0.2, 0.25) is 5.91 Å². The van der Waals surface area contributed by atoms with Crippen molar-refractivity contribution in [2.75, 3.05) is 25.5 Å². The smallest absolute Gasteiger partial charge is 0.238 e. The Morgan fingerprint density at radius 3 is 2.89 bits per heavy atom. The quantitative estimate of drug-likeness (QED) is 0.726. The second kappa shape index (κ2) is 6.40. The topological polar surface area (TPSA) is 50.4 Å². The Labute approximate surface area is 108 Å². The summed E-state index contributed by atoms with van der Waals surface area (Å²) in [6.07, 6.45) is 3.89. The van der Waals surface area contributed by atoms with Gasteiger partial charge in [-0.2, -0.15) is 0 Å². The number of carbonyl (C=O) groups excluding carboxylic acids is 1. The molecule has 4 nitrogen and oxygen atoms in total. The maximum atomic E-state index is 11.7. The van der Waals surface area contributed by atoms with Crippen molar-refractivity contribution in [2.24, 2.45) is 5.92 Å². The summed E-state index contributed by atoms with van der Waals surface area (Å²) in [6, 6.07) is 7.41. The molecule has 1 amide bonds. The van der Waals surface area contributed by atoms with Crippen LogP contribution in [0, 0.1) is 5.92 Å². The van der Waals surface area contributed by atoms with E-state index in [1.165, 1.54) is 19.3 Å². The SMILES string of the molecule is COc1ccccc1NC(=O)CNCCC1CC1. The Morgan fingerprint density at radius 2 is 2.17 bits per heavy atom. The Hall–Kier alpha value is -1.55. The number of benzene rings is 1. The second-order valence-electron chi connectivity index (χ2n) is 4.66. The largest absolute Gasteiger partial charge is 0.495 e. The highest BCUT2D eigenvalue weighted by Gasteiger charge is 2.20. The molecule has 0 bridgehead atoms. The maximum absolute atomic E-state index is 11.7. The van der Waals surface area contributed by atoms with E-state index in [-0.39, 0.29) is 5.91 Å². The summed E-state index contributed by atoms with van der Waals surface area (Å²) >= 11 is 0. The third kappa shape index (κ3) is 4.04. The third-order valence-corrected chi connectivity index (χ3v) is 3.09. The Kier molecular flexibility index (Phi) is 4.59. The first-order chi connectivity index (χ1) is 8.79. The van der Waals surface area contributed by atoms with Crippen molar-refractivity contribution in [3.63, 3.8) is 0 Å². The molecule has 4 heteroatoms. The van der Waals surface area contributed by atoms with E-state index >= 15 is 0 Å². The minimum atomic E-state index is -0.0321. The number of para-hydroxylation sites is 2. The molecule has 2 N–H and O–H groups in total. The molecule has 1 saturated carbocycles. The fourth-order valence-corrected chi connectivity index (χ4v) is 1.86. The minimum Gasteiger partial charge on any atom is -0.495 e. The van der Waals surface area contributed by atoms with Crippen molar-refractivity contribution in [3.8, 4) is 5.75 Å². The van der Waals surface area contributed by atoms with Crippen LogP contribution in [0.2, 0.25) is 0 Å². The first-order valence-electron chi connectivity index (χ1n) is 6.43. The molecule has 0 aliphatic heterocycles. The van der Waals surface area contributed by atoms with Crippen LogP contribution in [0.15, 0.2) is 24.3 Å². The molecule has 2 rings (SSSR count). The number of hydrogen-bond donors (Lipinski definition) is 2. The zero-order valence-electron chi connectivity index (χ0n) is 10.7. The van der Waals surface area contributed by atoms with Gasteiger partial charge < -0.3 is 15.4 Å². The van der Waals surface area contributed by atoms with Crippen LogP contribution in [0.25, 0.3) is 0 Å². The molecular weight excluding hydrogens is 228 g/mol. The standard InChI is InChI=1S/C14H20N2O2/c1-18-13-5-3-2-4-12(13)16-14(17)10-15-9-8-11-6-7-11/h2-5,11,15H,6-10H2,1H3,(H,16,17). The number of nitrogens with one attached hydrogen (secondary N) is 2. The van der Waals surface area contributed by atoms with Gasteiger partial charge in [0.1, 0.15) is 5.75 Å². The molecular formula is C14H20N2O2. The average molecular weight is 248 g/mol. The molecule has 1 aliphatic carbocycles. The maximum Gasteiger partial charge on any atom is 0.238 e. The number of rotatable bonds is 7. The number of hydrogen-bond acceptors (Lipinski definition) is 3.